The van der Waals surface area contributed by atoms with Crippen molar-refractivity contribution in [2.24, 2.45) is 5.92 Å². The van der Waals surface area contributed by atoms with E-state index in [2.05, 4.69) is 39.7 Å². The number of aromatic nitrogens is 2. The van der Waals surface area contributed by atoms with Crippen LogP contribution in [0.4, 0.5) is 0 Å². The van der Waals surface area contributed by atoms with Gasteiger partial charge in [-0.05, 0) is 33.4 Å². The molecule has 0 aliphatic heterocycles. The Morgan fingerprint density at radius 1 is 1.44 bits per heavy atom. The molecule has 4 nitrogen and oxygen atoms in total. The molecule has 0 atom stereocenters. The van der Waals surface area contributed by atoms with Crippen LogP contribution in [0.2, 0.25) is 5.28 Å². The van der Waals surface area contributed by atoms with Crippen molar-refractivity contribution in [2.75, 3.05) is 19.8 Å². The Kier molecular flexibility index (Phi) is 6.01. The van der Waals surface area contributed by atoms with Gasteiger partial charge in [0, 0.05) is 12.8 Å². The second-order valence-corrected chi connectivity index (χ2v) is 4.80. The summed E-state index contributed by atoms with van der Waals surface area (Å²) in [6.07, 6.45) is 1.56. The fraction of sp³-hybridized carbons (Fsp3) is 0.600. The summed E-state index contributed by atoms with van der Waals surface area (Å²) >= 11 is 8.92. The Morgan fingerprint density at radius 3 is 2.88 bits per heavy atom. The van der Waals surface area contributed by atoms with E-state index < -0.39 is 0 Å². The topological polar surface area (TPSA) is 44.2 Å². The average molecular weight is 310 g/mol. The van der Waals surface area contributed by atoms with Crippen LogP contribution in [0.1, 0.15) is 13.8 Å². The van der Waals surface area contributed by atoms with Crippen LogP contribution in [0.3, 0.4) is 0 Å². The molecule has 0 aliphatic carbocycles. The van der Waals surface area contributed by atoms with Crippen molar-refractivity contribution in [3.8, 4) is 5.88 Å². The van der Waals surface area contributed by atoms with E-state index in [4.69, 9.17) is 21.1 Å². The summed E-state index contributed by atoms with van der Waals surface area (Å²) in [6, 6.07) is 0. The van der Waals surface area contributed by atoms with Gasteiger partial charge in [-0.1, -0.05) is 13.8 Å². The molecule has 0 aromatic carbocycles. The van der Waals surface area contributed by atoms with Crippen LogP contribution in [-0.2, 0) is 4.74 Å². The molecule has 0 fully saturated rings. The number of hydrogen-bond acceptors (Lipinski definition) is 4. The Labute approximate surface area is 108 Å². The van der Waals surface area contributed by atoms with Gasteiger partial charge in [-0.25, -0.2) is 4.98 Å². The van der Waals surface area contributed by atoms with Gasteiger partial charge in [-0.2, -0.15) is 4.98 Å². The summed E-state index contributed by atoms with van der Waals surface area (Å²) in [5, 5.41) is 0.168. The van der Waals surface area contributed by atoms with E-state index >= 15 is 0 Å². The number of halogens is 2. The van der Waals surface area contributed by atoms with E-state index in [1.807, 2.05) is 0 Å². The monoisotopic (exact) mass is 308 g/mol. The minimum Gasteiger partial charge on any atom is -0.474 e. The highest BCUT2D eigenvalue weighted by molar-refractivity contribution is 9.10. The van der Waals surface area contributed by atoms with Gasteiger partial charge in [0.15, 0.2) is 0 Å². The van der Waals surface area contributed by atoms with Crippen LogP contribution in [0.5, 0.6) is 5.88 Å². The van der Waals surface area contributed by atoms with Crippen LogP contribution in [-0.4, -0.2) is 29.8 Å². The molecule has 1 rings (SSSR count). The van der Waals surface area contributed by atoms with Crippen LogP contribution >= 0.6 is 27.5 Å². The molecule has 90 valence electrons. The van der Waals surface area contributed by atoms with Crippen molar-refractivity contribution in [3.05, 3.63) is 16.0 Å². The highest BCUT2D eigenvalue weighted by Crippen LogP contribution is 2.22. The smallest absolute Gasteiger partial charge is 0.232 e. The molecule has 0 aliphatic rings. The van der Waals surface area contributed by atoms with E-state index in [0.29, 0.717) is 29.5 Å². The summed E-state index contributed by atoms with van der Waals surface area (Å²) in [6.45, 7) is 5.91. The Bertz CT molecular complexity index is 337. The minimum absolute atomic E-state index is 0.168. The normalized spacial score (nSPS) is 10.8. The van der Waals surface area contributed by atoms with E-state index in [1.165, 1.54) is 0 Å². The molecular formula is C10H14BrClN2O2. The first kappa shape index (κ1) is 13.7. The molecule has 0 radical (unpaired) electrons. The summed E-state index contributed by atoms with van der Waals surface area (Å²) in [5.74, 6) is 0.966. The molecule has 1 aromatic heterocycles. The van der Waals surface area contributed by atoms with Crippen molar-refractivity contribution < 1.29 is 9.47 Å². The van der Waals surface area contributed by atoms with Gasteiger partial charge < -0.3 is 9.47 Å². The highest BCUT2D eigenvalue weighted by Gasteiger charge is 2.04. The molecule has 0 saturated carbocycles. The molecule has 0 saturated heterocycles. The van der Waals surface area contributed by atoms with Gasteiger partial charge in [-0.15, -0.1) is 0 Å². The average Bonchev–Trinajstić information content (AvgIpc) is 2.22. The van der Waals surface area contributed by atoms with Gasteiger partial charge in [0.1, 0.15) is 6.61 Å². The molecule has 0 spiro atoms. The van der Waals surface area contributed by atoms with Crippen molar-refractivity contribution in [3.63, 3.8) is 0 Å². The molecule has 0 unspecified atom stereocenters. The van der Waals surface area contributed by atoms with Gasteiger partial charge in [0.25, 0.3) is 0 Å². The maximum absolute atomic E-state index is 5.64. The van der Waals surface area contributed by atoms with Crippen LogP contribution < -0.4 is 4.74 Å². The predicted molar refractivity (Wildman–Crippen MR) is 65.9 cm³/mol. The SMILES string of the molecule is CC(C)COCCOc1nc(Cl)ncc1Br. The zero-order valence-corrected chi connectivity index (χ0v) is 11.6. The first-order valence-electron chi connectivity index (χ1n) is 4.98. The minimum atomic E-state index is 0.168. The maximum atomic E-state index is 5.64. The molecule has 0 amide bonds. The van der Waals surface area contributed by atoms with E-state index in [9.17, 15) is 0 Å². The van der Waals surface area contributed by atoms with Gasteiger partial charge in [0.2, 0.25) is 11.2 Å². The molecule has 0 N–H and O–H groups in total. The van der Waals surface area contributed by atoms with E-state index in [1.54, 1.807) is 6.20 Å². The van der Waals surface area contributed by atoms with Crippen molar-refractivity contribution in [2.45, 2.75) is 13.8 Å². The Hall–Kier alpha value is -0.390. The Balaban J connectivity index is 2.29. The molecular weight excluding hydrogens is 295 g/mol. The number of nitrogens with zero attached hydrogens (tertiary/aromatic N) is 2. The third-order valence-electron chi connectivity index (χ3n) is 1.60. The van der Waals surface area contributed by atoms with Crippen LogP contribution in [0.15, 0.2) is 10.7 Å². The third kappa shape index (κ3) is 5.09. The fourth-order valence-electron chi connectivity index (χ4n) is 0.949. The quantitative estimate of drug-likeness (QED) is 0.598. The molecule has 1 aromatic rings. The molecule has 1 heterocycles. The maximum Gasteiger partial charge on any atom is 0.232 e. The molecule has 6 heteroatoms. The van der Waals surface area contributed by atoms with Gasteiger partial charge >= 0.3 is 0 Å². The van der Waals surface area contributed by atoms with E-state index in [0.717, 1.165) is 6.61 Å². The predicted octanol–water partition coefficient (Wildman–Crippen LogP) is 2.94. The summed E-state index contributed by atoms with van der Waals surface area (Å²) in [5.41, 5.74) is 0. The standard InChI is InChI=1S/C10H14BrClN2O2/c1-7(2)6-15-3-4-16-9-8(11)5-13-10(12)14-9/h5,7H,3-4,6H2,1-2H3. The highest BCUT2D eigenvalue weighted by atomic mass is 79.9. The zero-order chi connectivity index (χ0) is 12.0. The van der Waals surface area contributed by atoms with Crippen LogP contribution in [0.25, 0.3) is 0 Å². The first-order chi connectivity index (χ1) is 7.59. The fourth-order valence-corrected chi connectivity index (χ4v) is 1.38. The molecule has 0 bridgehead atoms. The lowest BCUT2D eigenvalue weighted by Gasteiger charge is -2.08. The van der Waals surface area contributed by atoms with Crippen molar-refractivity contribution in [1.82, 2.24) is 9.97 Å². The largest absolute Gasteiger partial charge is 0.474 e. The van der Waals surface area contributed by atoms with Crippen molar-refractivity contribution >= 4 is 27.5 Å². The van der Waals surface area contributed by atoms with E-state index in [-0.39, 0.29) is 5.28 Å². The summed E-state index contributed by atoms with van der Waals surface area (Å²) in [7, 11) is 0. The van der Waals surface area contributed by atoms with Gasteiger partial charge in [0.05, 0.1) is 11.1 Å². The second-order valence-electron chi connectivity index (χ2n) is 3.61. The second kappa shape index (κ2) is 7.04. The summed E-state index contributed by atoms with van der Waals surface area (Å²) in [4.78, 5) is 7.74. The number of rotatable bonds is 6. The third-order valence-corrected chi connectivity index (χ3v) is 2.33. The number of ether oxygens (including phenoxy) is 2. The first-order valence-corrected chi connectivity index (χ1v) is 6.15. The lowest BCUT2D eigenvalue weighted by molar-refractivity contribution is 0.0803. The van der Waals surface area contributed by atoms with Gasteiger partial charge in [-0.3, -0.25) is 0 Å². The number of hydrogen-bond donors (Lipinski definition) is 0. The Morgan fingerprint density at radius 2 is 2.19 bits per heavy atom. The zero-order valence-electron chi connectivity index (χ0n) is 9.24. The lowest BCUT2D eigenvalue weighted by Crippen LogP contribution is -2.11. The molecule has 16 heavy (non-hydrogen) atoms. The van der Waals surface area contributed by atoms with Crippen molar-refractivity contribution in [1.29, 1.82) is 0 Å². The van der Waals surface area contributed by atoms with Crippen LogP contribution in [0, 0.1) is 5.92 Å². The lowest BCUT2D eigenvalue weighted by atomic mass is 10.2. The summed E-state index contributed by atoms with van der Waals surface area (Å²) < 4.78 is 11.4.